The average Bonchev–Trinajstić information content (AvgIpc) is 2.75. The van der Waals surface area contributed by atoms with Crippen molar-refractivity contribution in [3.05, 3.63) is 41.7 Å². The Morgan fingerprint density at radius 1 is 0.947 bits per heavy atom. The summed E-state index contributed by atoms with van der Waals surface area (Å²) < 4.78 is 2.19. The molecule has 2 aromatic heterocycles. The van der Waals surface area contributed by atoms with Gasteiger partial charge in [-0.15, -0.1) is 0 Å². The Morgan fingerprint density at radius 3 is 2.37 bits per heavy atom. The van der Waals surface area contributed by atoms with Gasteiger partial charge in [0.25, 0.3) is 0 Å². The van der Waals surface area contributed by atoms with Gasteiger partial charge in [0.1, 0.15) is 0 Å². The summed E-state index contributed by atoms with van der Waals surface area (Å²) in [5.74, 6) is 1.68. The van der Waals surface area contributed by atoms with Crippen LogP contribution in [0.1, 0.15) is 50.9 Å². The van der Waals surface area contributed by atoms with Crippen molar-refractivity contribution in [2.24, 2.45) is 0 Å². The van der Waals surface area contributed by atoms with E-state index < -0.39 is 0 Å². The van der Waals surface area contributed by atoms with E-state index in [9.17, 15) is 0 Å². The van der Waals surface area contributed by atoms with Crippen molar-refractivity contribution in [2.45, 2.75) is 39.5 Å². The van der Waals surface area contributed by atoms with Crippen molar-refractivity contribution in [3.8, 4) is 0 Å². The lowest BCUT2D eigenvalue weighted by molar-refractivity contribution is 0.763. The molecule has 1 aromatic carbocycles. The third-order valence-electron chi connectivity index (χ3n) is 3.51. The molecule has 0 amide bonds. The van der Waals surface area contributed by atoms with Gasteiger partial charge in [-0.2, -0.15) is 0 Å². The number of fused-ring (bicyclic) bond motifs is 3. The predicted octanol–water partition coefficient (Wildman–Crippen LogP) is 4.13. The summed E-state index contributed by atoms with van der Waals surface area (Å²) in [6.45, 7) is 8.78. The normalized spacial score (nSPS) is 12.1. The van der Waals surface area contributed by atoms with Gasteiger partial charge in [0, 0.05) is 11.4 Å². The Labute approximate surface area is 113 Å². The van der Waals surface area contributed by atoms with Crippen molar-refractivity contribution in [1.29, 1.82) is 0 Å². The van der Waals surface area contributed by atoms with E-state index in [2.05, 4.69) is 55.3 Å². The molecule has 0 fully saturated rings. The first kappa shape index (κ1) is 12.2. The number of rotatable bonds is 2. The molecule has 0 aliphatic heterocycles. The quantitative estimate of drug-likeness (QED) is 0.687. The fourth-order valence-electron chi connectivity index (χ4n) is 2.43. The monoisotopic (exact) mass is 253 g/mol. The van der Waals surface area contributed by atoms with Crippen LogP contribution in [0.15, 0.2) is 30.3 Å². The van der Waals surface area contributed by atoms with Gasteiger partial charge >= 0.3 is 0 Å². The Kier molecular flexibility index (Phi) is 2.77. The number of nitrogens with zero attached hydrogens (tertiary/aromatic N) is 3. The molecule has 0 radical (unpaired) electrons. The minimum atomic E-state index is 0.419. The van der Waals surface area contributed by atoms with E-state index in [0.717, 1.165) is 22.5 Å². The van der Waals surface area contributed by atoms with Crippen molar-refractivity contribution in [1.82, 2.24) is 14.4 Å². The molecule has 3 rings (SSSR count). The molecule has 0 N–H and O–H groups in total. The summed E-state index contributed by atoms with van der Waals surface area (Å²) in [6, 6.07) is 10.4. The Morgan fingerprint density at radius 2 is 1.68 bits per heavy atom. The van der Waals surface area contributed by atoms with Crippen LogP contribution in [0.3, 0.4) is 0 Å². The predicted molar refractivity (Wildman–Crippen MR) is 78.7 cm³/mol. The van der Waals surface area contributed by atoms with E-state index in [-0.39, 0.29) is 0 Å². The van der Waals surface area contributed by atoms with Gasteiger partial charge in [-0.1, -0.05) is 39.8 Å². The van der Waals surface area contributed by atoms with E-state index >= 15 is 0 Å². The molecule has 0 unspecified atom stereocenters. The van der Waals surface area contributed by atoms with E-state index in [1.165, 1.54) is 5.69 Å². The van der Waals surface area contributed by atoms with Gasteiger partial charge in [0.15, 0.2) is 0 Å². The number of hydrogen-bond acceptors (Lipinski definition) is 2. The van der Waals surface area contributed by atoms with Crippen LogP contribution in [0.25, 0.3) is 16.8 Å². The maximum Gasteiger partial charge on any atom is 0.235 e. The molecule has 19 heavy (non-hydrogen) atoms. The Balaban J connectivity index is 2.45. The number of aromatic nitrogens is 3. The topological polar surface area (TPSA) is 30.2 Å². The average molecular weight is 253 g/mol. The highest BCUT2D eigenvalue weighted by atomic mass is 15.1. The van der Waals surface area contributed by atoms with Crippen LogP contribution in [0.2, 0.25) is 0 Å². The molecule has 0 spiro atoms. The zero-order chi connectivity index (χ0) is 13.6. The fourth-order valence-corrected chi connectivity index (χ4v) is 2.43. The molecular formula is C16H19N3. The minimum absolute atomic E-state index is 0.419. The van der Waals surface area contributed by atoms with E-state index in [1.54, 1.807) is 0 Å². The van der Waals surface area contributed by atoms with Crippen LogP contribution in [-0.4, -0.2) is 14.4 Å². The highest BCUT2D eigenvalue weighted by Gasteiger charge is 2.14. The van der Waals surface area contributed by atoms with Crippen LogP contribution in [0.5, 0.6) is 0 Å². The zero-order valence-corrected chi connectivity index (χ0v) is 11.9. The highest BCUT2D eigenvalue weighted by Crippen LogP contribution is 2.25. The van der Waals surface area contributed by atoms with E-state index in [1.807, 2.05) is 12.1 Å². The van der Waals surface area contributed by atoms with Crippen molar-refractivity contribution >= 4 is 16.8 Å². The Bertz CT molecular complexity index is 738. The molecule has 3 heteroatoms. The van der Waals surface area contributed by atoms with Gasteiger partial charge in [-0.3, -0.25) is 4.40 Å². The fraction of sp³-hybridized carbons (Fsp3) is 0.375. The van der Waals surface area contributed by atoms with E-state index in [0.29, 0.717) is 11.8 Å². The molecular weight excluding hydrogens is 234 g/mol. The maximum atomic E-state index is 4.71. The van der Waals surface area contributed by atoms with Gasteiger partial charge in [-0.05, 0) is 30.0 Å². The lowest BCUT2D eigenvalue weighted by Crippen LogP contribution is -2.05. The molecule has 98 valence electrons. The summed E-state index contributed by atoms with van der Waals surface area (Å²) in [7, 11) is 0. The first-order valence-corrected chi connectivity index (χ1v) is 6.86. The molecule has 0 bridgehead atoms. The molecule has 0 saturated heterocycles. The first-order chi connectivity index (χ1) is 9.08. The maximum absolute atomic E-state index is 4.71. The van der Waals surface area contributed by atoms with Gasteiger partial charge in [-0.25, -0.2) is 9.97 Å². The minimum Gasteiger partial charge on any atom is -0.280 e. The SMILES string of the molecule is CC(C)c1cc(C(C)C)n2c(n1)nc1ccccc12. The van der Waals surface area contributed by atoms with Crippen molar-refractivity contribution < 1.29 is 0 Å². The summed E-state index contributed by atoms with van der Waals surface area (Å²) in [5.41, 5.74) is 4.55. The third kappa shape index (κ3) is 1.89. The largest absolute Gasteiger partial charge is 0.280 e. The zero-order valence-electron chi connectivity index (χ0n) is 11.9. The second-order valence-corrected chi connectivity index (χ2v) is 5.65. The highest BCUT2D eigenvalue weighted by molar-refractivity contribution is 5.79. The van der Waals surface area contributed by atoms with Gasteiger partial charge in [0.05, 0.1) is 11.0 Å². The smallest absolute Gasteiger partial charge is 0.235 e. The lowest BCUT2D eigenvalue weighted by Gasteiger charge is -2.13. The second-order valence-electron chi connectivity index (χ2n) is 5.65. The van der Waals surface area contributed by atoms with Gasteiger partial charge < -0.3 is 0 Å². The van der Waals surface area contributed by atoms with Crippen molar-refractivity contribution in [2.75, 3.05) is 0 Å². The number of hydrogen-bond donors (Lipinski definition) is 0. The van der Waals surface area contributed by atoms with Gasteiger partial charge in [0.2, 0.25) is 5.78 Å². The summed E-state index contributed by atoms with van der Waals surface area (Å²) in [6.07, 6.45) is 0. The molecule has 2 heterocycles. The van der Waals surface area contributed by atoms with Crippen LogP contribution >= 0.6 is 0 Å². The number of para-hydroxylation sites is 2. The first-order valence-electron chi connectivity index (χ1n) is 6.86. The molecule has 3 aromatic rings. The molecule has 3 nitrogen and oxygen atoms in total. The Hall–Kier alpha value is -1.90. The van der Waals surface area contributed by atoms with Crippen molar-refractivity contribution in [3.63, 3.8) is 0 Å². The van der Waals surface area contributed by atoms with Crippen LogP contribution < -0.4 is 0 Å². The molecule has 0 atom stereocenters. The summed E-state index contributed by atoms with van der Waals surface area (Å²) in [5, 5.41) is 0. The van der Waals surface area contributed by atoms with E-state index in [4.69, 9.17) is 4.98 Å². The molecule has 0 aliphatic carbocycles. The standard InChI is InChI=1S/C16H19N3/c1-10(2)13-9-15(11(3)4)19-14-8-6-5-7-12(14)17-16(19)18-13/h5-11H,1-4H3. The summed E-state index contributed by atoms with van der Waals surface area (Å²) >= 11 is 0. The van der Waals surface area contributed by atoms with Crippen LogP contribution in [0.4, 0.5) is 0 Å². The van der Waals surface area contributed by atoms with Crippen LogP contribution in [0, 0.1) is 0 Å². The molecule has 0 saturated carbocycles. The number of benzene rings is 1. The summed E-state index contributed by atoms with van der Waals surface area (Å²) in [4.78, 5) is 9.36. The lowest BCUT2D eigenvalue weighted by atomic mass is 10.0. The molecule has 0 aliphatic rings. The number of imidazole rings is 1. The van der Waals surface area contributed by atoms with Crippen LogP contribution in [-0.2, 0) is 0 Å². The third-order valence-corrected chi connectivity index (χ3v) is 3.51. The second kappa shape index (κ2) is 4.34.